The van der Waals surface area contributed by atoms with Crippen LogP contribution < -0.4 is 0 Å². The van der Waals surface area contributed by atoms with Gasteiger partial charge in [0.05, 0.1) is 0 Å². The first-order chi connectivity index (χ1) is 25.6. The summed E-state index contributed by atoms with van der Waals surface area (Å²) >= 11 is 0. The summed E-state index contributed by atoms with van der Waals surface area (Å²) in [6, 6.07) is 0. The molecule has 2 N–H and O–H groups in total. The van der Waals surface area contributed by atoms with E-state index in [1.807, 2.05) is 6.08 Å². The smallest absolute Gasteiger partial charge is 0.142 e. The lowest BCUT2D eigenvalue weighted by Crippen LogP contribution is -2.41. The Bertz CT molecular complexity index is 1740. The van der Waals surface area contributed by atoms with Crippen LogP contribution in [0, 0.1) is 105 Å². The summed E-state index contributed by atoms with van der Waals surface area (Å²) < 4.78 is 0. The minimum Gasteiger partial charge on any atom is -0.380 e. The molecular weight excluding hydrogens is 665 g/mol. The van der Waals surface area contributed by atoms with Crippen molar-refractivity contribution in [2.24, 2.45) is 80.8 Å². The van der Waals surface area contributed by atoms with Crippen LogP contribution in [0.3, 0.4) is 0 Å². The Labute approximate surface area is 327 Å². The maximum Gasteiger partial charge on any atom is 0.142 e. The Balaban J connectivity index is 0.000000139. The van der Waals surface area contributed by atoms with Crippen LogP contribution in [0.25, 0.3) is 0 Å². The minimum atomic E-state index is -0.569. The van der Waals surface area contributed by atoms with Crippen LogP contribution in [0.4, 0.5) is 0 Å². The second-order valence-corrected chi connectivity index (χ2v) is 18.0. The number of aliphatic hydroxyl groups is 2. The van der Waals surface area contributed by atoms with E-state index in [9.17, 15) is 19.8 Å². The van der Waals surface area contributed by atoms with E-state index < -0.39 is 12.2 Å². The van der Waals surface area contributed by atoms with Crippen molar-refractivity contribution in [3.8, 4) is 23.7 Å². The Morgan fingerprint density at radius 3 is 1.72 bits per heavy atom. The zero-order valence-corrected chi connectivity index (χ0v) is 34.2. The largest absolute Gasteiger partial charge is 0.380 e. The summed E-state index contributed by atoms with van der Waals surface area (Å²) in [7, 11) is 0. The first-order valence-corrected chi connectivity index (χ1v) is 20.6. The zero-order chi connectivity index (χ0) is 39.6. The van der Waals surface area contributed by atoms with Crippen LogP contribution in [0.5, 0.6) is 0 Å². The van der Waals surface area contributed by atoms with Crippen molar-refractivity contribution >= 4 is 12.6 Å². The molecule has 8 rings (SSSR count). The summed E-state index contributed by atoms with van der Waals surface area (Å²) in [5, 5.41) is 20.3. The number of allylic oxidation sites excluding steroid dienone is 11. The van der Waals surface area contributed by atoms with Crippen LogP contribution in [0.15, 0.2) is 85.1 Å². The van der Waals surface area contributed by atoms with Crippen molar-refractivity contribution in [3.05, 3.63) is 85.1 Å². The van der Waals surface area contributed by atoms with Gasteiger partial charge < -0.3 is 15.0 Å². The lowest BCUT2D eigenvalue weighted by Gasteiger charge is -2.40. The molecule has 0 aromatic heterocycles. The van der Waals surface area contributed by atoms with Gasteiger partial charge in [0.15, 0.2) is 0 Å². The molecular formula is C50H66O4. The Morgan fingerprint density at radius 2 is 1.22 bits per heavy atom. The normalized spacial score (nSPS) is 44.0. The van der Waals surface area contributed by atoms with Gasteiger partial charge in [-0.15, -0.1) is 11.8 Å². The molecule has 4 saturated carbocycles. The van der Waals surface area contributed by atoms with Gasteiger partial charge in [0, 0.05) is 21.7 Å². The summed E-state index contributed by atoms with van der Waals surface area (Å²) in [5.74, 6) is 17.1. The lowest BCUT2D eigenvalue weighted by atomic mass is 9.65. The third-order valence-electron chi connectivity index (χ3n) is 15.8. The van der Waals surface area contributed by atoms with Crippen molar-refractivity contribution < 1.29 is 19.8 Å². The molecule has 54 heavy (non-hydrogen) atoms. The average Bonchev–Trinajstić information content (AvgIpc) is 4.03. The van der Waals surface area contributed by atoms with E-state index in [1.165, 1.54) is 31.1 Å². The fourth-order valence-electron chi connectivity index (χ4n) is 12.0. The average molecular weight is 731 g/mol. The Morgan fingerprint density at radius 1 is 0.704 bits per heavy atom. The molecule has 4 nitrogen and oxygen atoms in total. The maximum atomic E-state index is 11.1. The SMILES string of the molecule is C=C1[C@@H]2C=C[C@@H](C2)[C@@]1(C)/C=C/C=O.C=C1[C@@H]2C=C[C@@H](C2)[C@@]1(C)C(O)C#CC.CC#CC(O)[C@@]1(C)C(CC)[C@@H]2C=C[C@H]1C2.CCC1[C@@H]2C=C[C@@H](C2)[C@@]1(C)C=O. The van der Waals surface area contributed by atoms with Gasteiger partial charge in [-0.25, -0.2) is 0 Å². The molecule has 8 aliphatic rings. The number of carbonyl (C=O) groups excluding carboxylic acids is 2. The van der Waals surface area contributed by atoms with E-state index >= 15 is 0 Å². The fourth-order valence-corrected chi connectivity index (χ4v) is 12.0. The molecule has 4 fully saturated rings. The molecule has 8 bridgehead atoms. The number of carbonyl (C=O) groups is 2. The molecule has 16 atom stereocenters. The third-order valence-corrected chi connectivity index (χ3v) is 15.8. The number of aldehydes is 2. The van der Waals surface area contributed by atoms with Crippen LogP contribution in [-0.4, -0.2) is 35.0 Å². The quantitative estimate of drug-likeness (QED) is 0.118. The van der Waals surface area contributed by atoms with Crippen LogP contribution >= 0.6 is 0 Å². The van der Waals surface area contributed by atoms with Crippen LogP contribution in [0.1, 0.15) is 93.9 Å². The minimum absolute atomic E-state index is 0.0167. The van der Waals surface area contributed by atoms with Gasteiger partial charge in [-0.05, 0) is 105 Å². The molecule has 4 unspecified atom stereocenters. The molecule has 0 aliphatic heterocycles. The van der Waals surface area contributed by atoms with Crippen molar-refractivity contribution in [2.75, 3.05) is 0 Å². The zero-order valence-electron chi connectivity index (χ0n) is 34.2. The van der Waals surface area contributed by atoms with Crippen molar-refractivity contribution in [1.82, 2.24) is 0 Å². The highest BCUT2D eigenvalue weighted by molar-refractivity contribution is 5.65. The number of rotatable bonds is 7. The molecule has 0 saturated heterocycles. The Hall–Kier alpha value is -3.44. The first kappa shape index (κ1) is 41.7. The monoisotopic (exact) mass is 730 g/mol. The lowest BCUT2D eigenvalue weighted by molar-refractivity contribution is -0.119. The highest BCUT2D eigenvalue weighted by Crippen LogP contribution is 2.60. The summed E-state index contributed by atoms with van der Waals surface area (Å²) in [6.45, 7) is 24.8. The molecule has 0 aromatic carbocycles. The molecule has 0 spiro atoms. The summed E-state index contributed by atoms with van der Waals surface area (Å²) in [4.78, 5) is 21.3. The van der Waals surface area contributed by atoms with E-state index in [1.54, 1.807) is 19.9 Å². The number of hydrogen-bond donors (Lipinski definition) is 2. The van der Waals surface area contributed by atoms with Gasteiger partial charge in [0.25, 0.3) is 0 Å². The van der Waals surface area contributed by atoms with Crippen molar-refractivity contribution in [1.29, 1.82) is 0 Å². The highest BCUT2D eigenvalue weighted by Gasteiger charge is 2.56. The molecule has 0 aromatic rings. The predicted molar refractivity (Wildman–Crippen MR) is 221 cm³/mol. The fraction of sp³-hybridized carbons (Fsp3) is 0.600. The van der Waals surface area contributed by atoms with Crippen molar-refractivity contribution in [3.63, 3.8) is 0 Å². The predicted octanol–water partition coefficient (Wildman–Crippen LogP) is 9.68. The van der Waals surface area contributed by atoms with Gasteiger partial charge in [0.1, 0.15) is 24.8 Å². The van der Waals surface area contributed by atoms with Gasteiger partial charge >= 0.3 is 0 Å². The first-order valence-electron chi connectivity index (χ1n) is 20.6. The van der Waals surface area contributed by atoms with E-state index in [0.717, 1.165) is 31.1 Å². The second-order valence-electron chi connectivity index (χ2n) is 18.0. The summed E-state index contributed by atoms with van der Waals surface area (Å²) in [6.07, 6.45) is 29.7. The molecule has 0 heterocycles. The molecule has 0 radical (unpaired) electrons. The molecule has 0 amide bonds. The second kappa shape index (κ2) is 16.3. The van der Waals surface area contributed by atoms with E-state index in [0.29, 0.717) is 59.2 Å². The number of hydrogen-bond acceptors (Lipinski definition) is 4. The molecule has 8 aliphatic carbocycles. The third kappa shape index (κ3) is 6.86. The maximum absolute atomic E-state index is 11.1. The number of fused-ring (bicyclic) bond motifs is 8. The van der Waals surface area contributed by atoms with E-state index in [2.05, 4.69) is 127 Å². The highest BCUT2D eigenvalue weighted by atomic mass is 16.3. The van der Waals surface area contributed by atoms with Gasteiger partial charge in [-0.1, -0.05) is 145 Å². The molecule has 290 valence electrons. The van der Waals surface area contributed by atoms with E-state index in [4.69, 9.17) is 0 Å². The topological polar surface area (TPSA) is 74.6 Å². The van der Waals surface area contributed by atoms with Gasteiger partial charge in [0.2, 0.25) is 0 Å². The summed E-state index contributed by atoms with van der Waals surface area (Å²) in [5.41, 5.74) is 2.16. The number of aliphatic hydroxyl groups excluding tert-OH is 2. The molecule has 4 heteroatoms. The van der Waals surface area contributed by atoms with Crippen LogP contribution in [0.2, 0.25) is 0 Å². The van der Waals surface area contributed by atoms with Gasteiger partial charge in [-0.3, -0.25) is 4.79 Å². The standard InChI is InChI=1S/C14H20O.C13H16O.C12H14O.C11H16O/c1-4-6-13(15)14(3)11-8-7-10(9-11)12(14)5-2;1-4-5-12(14)13(3)9(2)10-6-7-11(13)8-10;1-9-10-4-5-11(8-10)12(9,2)6-3-7-13;1-3-10-8-4-5-9(6-8)11(10,2)7-12/h7-8,10-13,15H,5,9H2,1-3H3;6-7,10-12,14H,2,8H2,1,3H3;3-7,10-11H,1,8H2,2H3;4-5,7-10H,3,6H2,1-2H3/b;;6-3+;/t10-,11+,12?,13?,14-;10-,11+,12?,13+;10-,11+,12+;8-,9+,10?,11-/m1111/s1. The van der Waals surface area contributed by atoms with Crippen LogP contribution in [-0.2, 0) is 9.59 Å². The van der Waals surface area contributed by atoms with Crippen molar-refractivity contribution in [2.45, 2.75) is 106 Å². The Kier molecular flexibility index (Phi) is 12.6. The van der Waals surface area contributed by atoms with Gasteiger partial charge in [-0.2, -0.15) is 0 Å². The van der Waals surface area contributed by atoms with E-state index in [-0.39, 0.29) is 21.7 Å².